The molecule has 0 radical (unpaired) electrons. The summed E-state index contributed by atoms with van der Waals surface area (Å²) in [5, 5.41) is 23.6. The van der Waals surface area contributed by atoms with Gasteiger partial charge in [0.25, 0.3) is 0 Å². The minimum Gasteiger partial charge on any atom is -0.481 e. The molecule has 66 heavy (non-hydrogen) atoms. The van der Waals surface area contributed by atoms with Crippen molar-refractivity contribution in [1.82, 2.24) is 25.6 Å². The van der Waals surface area contributed by atoms with Gasteiger partial charge in [0.1, 0.15) is 24.8 Å². The van der Waals surface area contributed by atoms with Crippen molar-refractivity contribution in [2.45, 2.75) is 188 Å². The van der Waals surface area contributed by atoms with E-state index in [0.29, 0.717) is 64.4 Å². The van der Waals surface area contributed by atoms with E-state index in [1.807, 2.05) is 24.7 Å². The van der Waals surface area contributed by atoms with E-state index in [9.17, 15) is 33.9 Å². The summed E-state index contributed by atoms with van der Waals surface area (Å²) in [6.07, 6.45) is 22.6. The van der Waals surface area contributed by atoms with E-state index in [2.05, 4.69) is 34.8 Å². The molecule has 0 spiro atoms. The largest absolute Gasteiger partial charge is 0.481 e. The maximum Gasteiger partial charge on any atom is 0.306 e. The SMILES string of the molecule is CC(C)CCCCNC(=O)COCCOCCCC(=O)COCCOCCNC(=O)CC[C@@H](CC(=O)CCCCCCCCCCCCCCCn1cc(CCC(=O)C(C)C)nn1)C(=O)O. The lowest BCUT2D eigenvalue weighted by molar-refractivity contribution is -0.144. The highest BCUT2D eigenvalue weighted by atomic mass is 16.5. The summed E-state index contributed by atoms with van der Waals surface area (Å²) in [7, 11) is 0. The van der Waals surface area contributed by atoms with Gasteiger partial charge in [-0.15, -0.1) is 5.10 Å². The number of hydrogen-bond acceptors (Lipinski definition) is 12. The Hall–Kier alpha value is -3.60. The smallest absolute Gasteiger partial charge is 0.306 e. The molecule has 16 heteroatoms. The van der Waals surface area contributed by atoms with Crippen LogP contribution in [0.25, 0.3) is 0 Å². The first-order chi connectivity index (χ1) is 31.9. The van der Waals surface area contributed by atoms with Crippen LogP contribution in [0.4, 0.5) is 0 Å². The monoisotopic (exact) mass is 936 g/mol. The third-order valence-electron chi connectivity index (χ3n) is 11.3. The third kappa shape index (κ3) is 37.5. The first-order valence-electron chi connectivity index (χ1n) is 25.4. The van der Waals surface area contributed by atoms with Crippen molar-refractivity contribution < 1.29 is 52.8 Å². The van der Waals surface area contributed by atoms with Crippen molar-refractivity contribution in [3.05, 3.63) is 11.9 Å². The van der Waals surface area contributed by atoms with Gasteiger partial charge < -0.3 is 34.7 Å². The summed E-state index contributed by atoms with van der Waals surface area (Å²) < 4.78 is 23.5. The third-order valence-corrected chi connectivity index (χ3v) is 11.3. The number of rotatable bonds is 48. The van der Waals surface area contributed by atoms with Crippen molar-refractivity contribution in [2.24, 2.45) is 17.8 Å². The number of unbranched alkanes of at least 4 members (excludes halogenated alkanes) is 13. The first kappa shape index (κ1) is 60.4. The lowest BCUT2D eigenvalue weighted by Gasteiger charge is -2.12. The molecule has 1 atom stereocenters. The summed E-state index contributed by atoms with van der Waals surface area (Å²) in [4.78, 5) is 72.2. The fraction of sp³-hybridized carbons (Fsp3) is 0.840. The quantitative estimate of drug-likeness (QED) is 0.0533. The van der Waals surface area contributed by atoms with Crippen LogP contribution in [0.15, 0.2) is 6.20 Å². The molecular formula is C50H89N5O11. The number of hydrogen-bond donors (Lipinski definition) is 3. The van der Waals surface area contributed by atoms with Gasteiger partial charge in [-0.25, -0.2) is 0 Å². The highest BCUT2D eigenvalue weighted by molar-refractivity contribution is 5.84. The van der Waals surface area contributed by atoms with Gasteiger partial charge in [-0.05, 0) is 38.0 Å². The van der Waals surface area contributed by atoms with Crippen LogP contribution in [0.1, 0.15) is 181 Å². The fourth-order valence-electron chi connectivity index (χ4n) is 7.18. The number of ether oxygens (including phenoxy) is 4. The van der Waals surface area contributed by atoms with Crippen LogP contribution in [0, 0.1) is 17.8 Å². The van der Waals surface area contributed by atoms with Gasteiger partial charge in [0.15, 0.2) is 5.78 Å². The number of aliphatic carboxylic acids is 1. The maximum absolute atomic E-state index is 12.5. The summed E-state index contributed by atoms with van der Waals surface area (Å²) in [5.74, 6) is -1.45. The van der Waals surface area contributed by atoms with Crippen LogP contribution in [0.2, 0.25) is 0 Å². The second-order valence-corrected chi connectivity index (χ2v) is 18.3. The number of aromatic nitrogens is 3. The Morgan fingerprint density at radius 3 is 1.79 bits per heavy atom. The van der Waals surface area contributed by atoms with Gasteiger partial charge >= 0.3 is 5.97 Å². The van der Waals surface area contributed by atoms with Crippen molar-refractivity contribution in [2.75, 3.05) is 65.9 Å². The van der Waals surface area contributed by atoms with Crippen LogP contribution < -0.4 is 10.6 Å². The van der Waals surface area contributed by atoms with Crippen LogP contribution in [-0.4, -0.2) is 121 Å². The summed E-state index contributed by atoms with van der Waals surface area (Å²) >= 11 is 0. The number of ketones is 3. The first-order valence-corrected chi connectivity index (χ1v) is 25.4. The molecule has 0 saturated heterocycles. The van der Waals surface area contributed by atoms with E-state index in [4.69, 9.17) is 18.9 Å². The molecule has 0 unspecified atom stereocenters. The molecule has 3 N–H and O–H groups in total. The molecule has 0 aliphatic carbocycles. The number of carboxylic acid groups (broad SMARTS) is 1. The van der Waals surface area contributed by atoms with E-state index in [0.717, 1.165) is 63.6 Å². The average molecular weight is 936 g/mol. The number of amides is 2. The average Bonchev–Trinajstić information content (AvgIpc) is 3.74. The van der Waals surface area contributed by atoms with Crippen molar-refractivity contribution in [1.29, 1.82) is 0 Å². The summed E-state index contributed by atoms with van der Waals surface area (Å²) in [6, 6.07) is 0. The highest BCUT2D eigenvalue weighted by Crippen LogP contribution is 2.17. The van der Waals surface area contributed by atoms with Gasteiger partial charge in [-0.3, -0.25) is 33.4 Å². The zero-order chi connectivity index (χ0) is 48.5. The van der Waals surface area contributed by atoms with E-state index in [1.165, 1.54) is 51.4 Å². The Kier molecular flexibility index (Phi) is 38.1. The van der Waals surface area contributed by atoms with Crippen LogP contribution >= 0.6 is 0 Å². The van der Waals surface area contributed by atoms with E-state index < -0.39 is 11.9 Å². The normalized spacial score (nSPS) is 11.9. The lowest BCUT2D eigenvalue weighted by Crippen LogP contribution is -2.29. The zero-order valence-corrected chi connectivity index (χ0v) is 41.4. The number of Topliss-reactive ketones (excluding diaryl/α,β-unsaturated/α-hetero) is 3. The molecule has 0 aromatic carbocycles. The topological polar surface area (TPSA) is 214 Å². The Morgan fingerprint density at radius 2 is 1.15 bits per heavy atom. The summed E-state index contributed by atoms with van der Waals surface area (Å²) in [5.41, 5.74) is 0.892. The Balaban J connectivity index is 1.90. The van der Waals surface area contributed by atoms with E-state index in [1.54, 1.807) is 0 Å². The molecule has 1 aromatic rings. The van der Waals surface area contributed by atoms with Crippen molar-refractivity contribution in [3.8, 4) is 0 Å². The molecule has 2 amide bonds. The number of nitrogens with one attached hydrogen (secondary N) is 2. The molecule has 0 bridgehead atoms. The number of carbonyl (C=O) groups is 6. The molecule has 1 aromatic heterocycles. The minimum absolute atomic E-state index is 0.00887. The molecule has 0 fully saturated rings. The fourth-order valence-corrected chi connectivity index (χ4v) is 7.18. The molecular weight excluding hydrogens is 847 g/mol. The lowest BCUT2D eigenvalue weighted by atomic mass is 9.94. The molecule has 1 rings (SSSR count). The van der Waals surface area contributed by atoms with E-state index >= 15 is 0 Å². The van der Waals surface area contributed by atoms with Crippen LogP contribution in [0.3, 0.4) is 0 Å². The van der Waals surface area contributed by atoms with Gasteiger partial charge in [-0.2, -0.15) is 0 Å². The number of aryl methyl sites for hydroxylation is 2. The molecule has 0 saturated carbocycles. The number of nitrogens with zero attached hydrogens (tertiary/aromatic N) is 3. The van der Waals surface area contributed by atoms with Gasteiger partial charge in [0.05, 0.1) is 44.6 Å². The van der Waals surface area contributed by atoms with Crippen molar-refractivity contribution in [3.63, 3.8) is 0 Å². The molecule has 16 nitrogen and oxygen atoms in total. The van der Waals surface area contributed by atoms with Gasteiger partial charge in [0.2, 0.25) is 11.8 Å². The Labute approximate surface area is 396 Å². The second-order valence-electron chi connectivity index (χ2n) is 18.3. The molecule has 0 aliphatic heterocycles. The Bertz CT molecular complexity index is 1440. The maximum atomic E-state index is 12.5. The Morgan fingerprint density at radius 1 is 0.576 bits per heavy atom. The van der Waals surface area contributed by atoms with Crippen molar-refractivity contribution >= 4 is 35.1 Å². The second kappa shape index (κ2) is 41.6. The van der Waals surface area contributed by atoms with E-state index in [-0.39, 0.29) is 93.9 Å². The zero-order valence-electron chi connectivity index (χ0n) is 41.4. The van der Waals surface area contributed by atoms with Crippen LogP contribution in [-0.2, 0) is 60.7 Å². The van der Waals surface area contributed by atoms with Gasteiger partial charge in [-0.1, -0.05) is 116 Å². The predicted octanol–water partition coefficient (Wildman–Crippen LogP) is 7.81. The summed E-state index contributed by atoms with van der Waals surface area (Å²) in [6.45, 7) is 11.8. The predicted molar refractivity (Wildman–Crippen MR) is 255 cm³/mol. The molecule has 1 heterocycles. The number of carbonyl (C=O) groups excluding carboxylic acids is 5. The highest BCUT2D eigenvalue weighted by Gasteiger charge is 2.22. The van der Waals surface area contributed by atoms with Gasteiger partial charge in [0, 0.05) is 76.9 Å². The standard InChI is InChI=1S/C50H89N5O11/c1-41(2)21-17-18-28-51-49(60)40-66-36-33-63-31-20-23-46(57)39-65-35-34-64-32-29-52-48(59)27-24-43(50(61)62)37-45(56)22-16-14-12-10-8-6-5-7-9-11-13-15-19-30-55-38-44(53-54-55)25-26-47(58)42(3)4/h38,41-43H,5-37,39-40H2,1-4H3,(H,51,60)(H,52,59)(H,61,62)/t43-/m0/s1. The van der Waals surface area contributed by atoms with Crippen LogP contribution in [0.5, 0.6) is 0 Å². The molecule has 380 valence electrons. The molecule has 0 aliphatic rings. The minimum atomic E-state index is -1.06. The number of carboxylic acids is 1.